The lowest BCUT2D eigenvalue weighted by Crippen LogP contribution is -2.28. The zero-order chi connectivity index (χ0) is 13.6. The normalized spacial score (nSPS) is 27.1. The van der Waals surface area contributed by atoms with Crippen LogP contribution in [0.25, 0.3) is 0 Å². The SMILES string of the molecule is Clc1cc2c(cc1C1CCCNC1)OCC1(CC1)CO2. The summed E-state index contributed by atoms with van der Waals surface area (Å²) in [6.07, 6.45) is 4.83. The predicted octanol–water partition coefficient (Wildman–Crippen LogP) is 3.36. The van der Waals surface area contributed by atoms with Crippen LogP contribution >= 0.6 is 11.6 Å². The van der Waals surface area contributed by atoms with Gasteiger partial charge >= 0.3 is 0 Å². The lowest BCUT2D eigenvalue weighted by Gasteiger charge is -2.24. The van der Waals surface area contributed by atoms with Crippen molar-refractivity contribution in [1.82, 2.24) is 5.32 Å². The summed E-state index contributed by atoms with van der Waals surface area (Å²) in [6, 6.07) is 4.05. The average Bonchev–Trinajstić information content (AvgIpc) is 3.27. The van der Waals surface area contributed by atoms with Crippen molar-refractivity contribution < 1.29 is 9.47 Å². The lowest BCUT2D eigenvalue weighted by molar-refractivity contribution is 0.197. The Morgan fingerprint density at radius 3 is 2.55 bits per heavy atom. The molecular formula is C16H20ClNO2. The van der Waals surface area contributed by atoms with Crippen LogP contribution in [-0.2, 0) is 0 Å². The Labute approximate surface area is 124 Å². The summed E-state index contributed by atoms with van der Waals surface area (Å²) in [6.45, 7) is 3.66. The molecule has 1 atom stereocenters. The summed E-state index contributed by atoms with van der Waals surface area (Å²) >= 11 is 6.47. The molecule has 4 rings (SSSR count). The first kappa shape index (κ1) is 12.8. The van der Waals surface area contributed by atoms with Crippen LogP contribution in [-0.4, -0.2) is 26.3 Å². The molecule has 0 aromatic heterocycles. The van der Waals surface area contributed by atoms with E-state index in [0.717, 1.165) is 42.8 Å². The molecule has 1 aromatic carbocycles. The average molecular weight is 294 g/mol. The molecule has 4 heteroatoms. The molecule has 2 fully saturated rings. The van der Waals surface area contributed by atoms with Gasteiger partial charge in [-0.05, 0) is 49.8 Å². The number of halogens is 1. The van der Waals surface area contributed by atoms with E-state index >= 15 is 0 Å². The highest BCUT2D eigenvalue weighted by Crippen LogP contribution is 2.50. The second-order valence-electron chi connectivity index (χ2n) is 6.44. The van der Waals surface area contributed by atoms with Crippen LogP contribution in [0.2, 0.25) is 5.02 Å². The van der Waals surface area contributed by atoms with Crippen molar-refractivity contribution >= 4 is 11.6 Å². The maximum absolute atomic E-state index is 6.47. The maximum atomic E-state index is 6.47. The minimum Gasteiger partial charge on any atom is -0.489 e. The van der Waals surface area contributed by atoms with Crippen LogP contribution in [0.15, 0.2) is 12.1 Å². The summed E-state index contributed by atoms with van der Waals surface area (Å²) in [4.78, 5) is 0. The van der Waals surface area contributed by atoms with E-state index in [-0.39, 0.29) is 5.41 Å². The van der Waals surface area contributed by atoms with Gasteiger partial charge in [-0.3, -0.25) is 0 Å². The quantitative estimate of drug-likeness (QED) is 0.861. The Kier molecular flexibility index (Phi) is 3.08. The second kappa shape index (κ2) is 4.81. The number of fused-ring (bicyclic) bond motifs is 1. The molecule has 1 aliphatic carbocycles. The summed E-state index contributed by atoms with van der Waals surface area (Å²) < 4.78 is 11.9. The third-order valence-corrected chi connectivity index (χ3v) is 5.15. The van der Waals surface area contributed by atoms with Crippen LogP contribution in [0.4, 0.5) is 0 Å². The highest BCUT2D eigenvalue weighted by molar-refractivity contribution is 6.31. The highest BCUT2D eigenvalue weighted by atomic mass is 35.5. The first-order chi connectivity index (χ1) is 9.76. The number of hydrogen-bond acceptors (Lipinski definition) is 3. The smallest absolute Gasteiger partial charge is 0.162 e. The lowest BCUT2D eigenvalue weighted by atomic mass is 9.91. The van der Waals surface area contributed by atoms with Crippen molar-refractivity contribution in [3.05, 3.63) is 22.7 Å². The Balaban J connectivity index is 1.63. The van der Waals surface area contributed by atoms with Crippen molar-refractivity contribution in [2.75, 3.05) is 26.3 Å². The molecule has 0 radical (unpaired) electrons. The summed E-state index contributed by atoms with van der Waals surface area (Å²) in [5.74, 6) is 2.17. The van der Waals surface area contributed by atoms with Gasteiger partial charge in [0.05, 0.1) is 13.2 Å². The molecule has 1 aromatic rings. The van der Waals surface area contributed by atoms with Crippen molar-refractivity contribution in [3.63, 3.8) is 0 Å². The predicted molar refractivity (Wildman–Crippen MR) is 79.0 cm³/mol. The van der Waals surface area contributed by atoms with E-state index in [9.17, 15) is 0 Å². The van der Waals surface area contributed by atoms with Crippen molar-refractivity contribution in [1.29, 1.82) is 0 Å². The number of piperidine rings is 1. The first-order valence-electron chi connectivity index (χ1n) is 7.56. The molecule has 1 unspecified atom stereocenters. The van der Waals surface area contributed by atoms with E-state index in [1.807, 2.05) is 6.07 Å². The minimum atomic E-state index is 0.276. The fourth-order valence-electron chi connectivity index (χ4n) is 3.18. The van der Waals surface area contributed by atoms with Crippen molar-refractivity contribution in [2.45, 2.75) is 31.6 Å². The van der Waals surface area contributed by atoms with E-state index in [0.29, 0.717) is 5.92 Å². The fraction of sp³-hybridized carbons (Fsp3) is 0.625. The van der Waals surface area contributed by atoms with E-state index < -0.39 is 0 Å². The number of ether oxygens (including phenoxy) is 2. The van der Waals surface area contributed by atoms with Crippen LogP contribution in [0.5, 0.6) is 11.5 Å². The third-order valence-electron chi connectivity index (χ3n) is 4.82. The van der Waals surface area contributed by atoms with Crippen molar-refractivity contribution in [3.8, 4) is 11.5 Å². The van der Waals surface area contributed by atoms with E-state index in [1.54, 1.807) is 0 Å². The molecule has 1 N–H and O–H groups in total. The molecule has 1 spiro atoms. The molecule has 2 aliphatic heterocycles. The van der Waals surface area contributed by atoms with Crippen LogP contribution in [0, 0.1) is 5.41 Å². The Bertz CT molecular complexity index is 521. The highest BCUT2D eigenvalue weighted by Gasteiger charge is 2.46. The Hall–Kier alpha value is -0.930. The second-order valence-corrected chi connectivity index (χ2v) is 6.85. The fourth-order valence-corrected chi connectivity index (χ4v) is 3.48. The number of hydrogen-bond donors (Lipinski definition) is 1. The van der Waals surface area contributed by atoms with E-state index in [2.05, 4.69) is 11.4 Å². The van der Waals surface area contributed by atoms with Gasteiger partial charge in [-0.25, -0.2) is 0 Å². The molecule has 20 heavy (non-hydrogen) atoms. The summed E-state index contributed by atoms with van der Waals surface area (Å²) in [5.41, 5.74) is 1.48. The Morgan fingerprint density at radius 1 is 1.15 bits per heavy atom. The van der Waals surface area contributed by atoms with Gasteiger partial charge in [0.25, 0.3) is 0 Å². The molecular weight excluding hydrogens is 274 g/mol. The molecule has 1 saturated carbocycles. The first-order valence-corrected chi connectivity index (χ1v) is 7.93. The van der Waals surface area contributed by atoms with Gasteiger partial charge in [-0.2, -0.15) is 0 Å². The van der Waals surface area contributed by atoms with Gasteiger partial charge in [0.15, 0.2) is 11.5 Å². The molecule has 1 saturated heterocycles. The number of nitrogens with one attached hydrogen (secondary N) is 1. The molecule has 3 nitrogen and oxygen atoms in total. The zero-order valence-corrected chi connectivity index (χ0v) is 12.3. The third kappa shape index (κ3) is 2.27. The number of benzene rings is 1. The molecule has 0 amide bonds. The largest absolute Gasteiger partial charge is 0.489 e. The van der Waals surface area contributed by atoms with Gasteiger partial charge in [0, 0.05) is 23.0 Å². The van der Waals surface area contributed by atoms with Gasteiger partial charge in [0.1, 0.15) is 0 Å². The zero-order valence-electron chi connectivity index (χ0n) is 11.6. The van der Waals surface area contributed by atoms with Gasteiger partial charge in [-0.1, -0.05) is 11.6 Å². The molecule has 108 valence electrons. The number of rotatable bonds is 1. The van der Waals surface area contributed by atoms with Crippen LogP contribution in [0.3, 0.4) is 0 Å². The topological polar surface area (TPSA) is 30.5 Å². The van der Waals surface area contributed by atoms with Gasteiger partial charge in [0.2, 0.25) is 0 Å². The standard InChI is InChI=1S/C16H20ClNO2/c17-13-7-15-14(19-9-16(3-4-16)10-20-15)6-12(13)11-2-1-5-18-8-11/h6-7,11,18H,1-5,8-10H2. The van der Waals surface area contributed by atoms with Crippen molar-refractivity contribution in [2.24, 2.45) is 5.41 Å². The van der Waals surface area contributed by atoms with Gasteiger partial charge in [-0.15, -0.1) is 0 Å². The molecule has 3 aliphatic rings. The van der Waals surface area contributed by atoms with Crippen LogP contribution < -0.4 is 14.8 Å². The maximum Gasteiger partial charge on any atom is 0.162 e. The monoisotopic (exact) mass is 293 g/mol. The summed E-state index contributed by atoms with van der Waals surface area (Å²) in [7, 11) is 0. The Morgan fingerprint density at radius 2 is 1.90 bits per heavy atom. The van der Waals surface area contributed by atoms with E-state index in [1.165, 1.54) is 31.2 Å². The summed E-state index contributed by atoms with van der Waals surface area (Å²) in [5, 5.41) is 4.26. The van der Waals surface area contributed by atoms with Crippen LogP contribution in [0.1, 0.15) is 37.2 Å². The minimum absolute atomic E-state index is 0.276. The molecule has 0 bridgehead atoms. The van der Waals surface area contributed by atoms with E-state index in [4.69, 9.17) is 21.1 Å². The molecule has 2 heterocycles. The van der Waals surface area contributed by atoms with Gasteiger partial charge < -0.3 is 14.8 Å².